The number of phenols is 1. The third-order valence-corrected chi connectivity index (χ3v) is 4.10. The maximum atomic E-state index is 14.3. The molecule has 0 radical (unpaired) electrons. The molecule has 126 valence electrons. The molecule has 3 N–H and O–H groups in total. The molecule has 0 heterocycles. The summed E-state index contributed by atoms with van der Waals surface area (Å²) in [5.41, 5.74) is 7.41. The minimum absolute atomic E-state index is 0.0824. The lowest BCUT2D eigenvalue weighted by Gasteiger charge is -2.14. The Bertz CT molecular complexity index is 983. The minimum atomic E-state index is -0.740. The van der Waals surface area contributed by atoms with Crippen LogP contribution in [0, 0.1) is 18.6 Å². The smallest absolute Gasteiger partial charge is 0.249 e. The first-order valence-electron chi connectivity index (χ1n) is 7.56. The number of carbonyl (C=O) groups is 1. The predicted molar refractivity (Wildman–Crippen MR) is 92.1 cm³/mol. The molecular formula is C20H15F2NO2. The van der Waals surface area contributed by atoms with Crippen molar-refractivity contribution in [2.45, 2.75) is 6.92 Å². The molecule has 0 bridgehead atoms. The summed E-state index contributed by atoms with van der Waals surface area (Å²) in [6, 6.07) is 13.0. The highest BCUT2D eigenvalue weighted by Gasteiger charge is 2.18. The first-order valence-corrected chi connectivity index (χ1v) is 7.56. The first-order chi connectivity index (χ1) is 11.9. The van der Waals surface area contributed by atoms with Crippen LogP contribution in [0.1, 0.15) is 15.9 Å². The average molecular weight is 339 g/mol. The third kappa shape index (κ3) is 3.08. The number of rotatable bonds is 3. The Balaban J connectivity index is 2.23. The molecule has 3 aromatic rings. The van der Waals surface area contributed by atoms with Crippen molar-refractivity contribution >= 4 is 5.91 Å². The van der Waals surface area contributed by atoms with Gasteiger partial charge in [0.05, 0.1) is 0 Å². The summed E-state index contributed by atoms with van der Waals surface area (Å²) in [6.07, 6.45) is 0. The number of aromatic hydroxyl groups is 1. The molecule has 1 amide bonds. The second-order valence-electron chi connectivity index (χ2n) is 5.70. The van der Waals surface area contributed by atoms with E-state index in [-0.39, 0.29) is 22.4 Å². The summed E-state index contributed by atoms with van der Waals surface area (Å²) < 4.78 is 27.8. The van der Waals surface area contributed by atoms with E-state index >= 15 is 0 Å². The van der Waals surface area contributed by atoms with Crippen LogP contribution in [0.15, 0.2) is 54.6 Å². The quantitative estimate of drug-likeness (QED) is 0.742. The summed E-state index contributed by atoms with van der Waals surface area (Å²) in [5, 5.41) is 9.85. The minimum Gasteiger partial charge on any atom is -0.508 e. The number of carbonyl (C=O) groups excluding carboxylic acids is 1. The summed E-state index contributed by atoms with van der Waals surface area (Å²) >= 11 is 0. The molecule has 25 heavy (non-hydrogen) atoms. The second-order valence-corrected chi connectivity index (χ2v) is 5.70. The molecule has 0 aliphatic carbocycles. The molecule has 0 saturated carbocycles. The standard InChI is InChI=1S/C20H15F2NO2/c1-11-18(24)8-7-17(22)19(11)15-6-5-13(10-16(15)20(23)25)12-3-2-4-14(21)9-12/h2-10,24H,1H3,(H2,23,25). The van der Waals surface area contributed by atoms with Crippen molar-refractivity contribution in [3.63, 3.8) is 0 Å². The number of benzene rings is 3. The lowest BCUT2D eigenvalue weighted by atomic mass is 9.91. The zero-order valence-electron chi connectivity index (χ0n) is 13.4. The van der Waals surface area contributed by atoms with Crippen LogP contribution < -0.4 is 5.73 Å². The lowest BCUT2D eigenvalue weighted by Crippen LogP contribution is -2.13. The van der Waals surface area contributed by atoms with Gasteiger partial charge < -0.3 is 10.8 Å². The molecule has 0 unspecified atom stereocenters. The highest BCUT2D eigenvalue weighted by molar-refractivity contribution is 6.01. The van der Waals surface area contributed by atoms with Crippen LogP contribution in [0.25, 0.3) is 22.3 Å². The van der Waals surface area contributed by atoms with Gasteiger partial charge in [-0.25, -0.2) is 8.78 Å². The fraction of sp³-hybridized carbons (Fsp3) is 0.0500. The van der Waals surface area contributed by atoms with Crippen LogP contribution >= 0.6 is 0 Å². The van der Waals surface area contributed by atoms with E-state index in [1.807, 2.05) is 0 Å². The third-order valence-electron chi connectivity index (χ3n) is 4.10. The van der Waals surface area contributed by atoms with E-state index in [9.17, 15) is 18.7 Å². The Morgan fingerprint density at radius 1 is 1.00 bits per heavy atom. The van der Waals surface area contributed by atoms with Crippen LogP contribution in [0.5, 0.6) is 5.75 Å². The summed E-state index contributed by atoms with van der Waals surface area (Å²) in [6.45, 7) is 1.55. The molecule has 3 nitrogen and oxygen atoms in total. The van der Waals surface area contributed by atoms with E-state index in [4.69, 9.17) is 5.73 Å². The maximum absolute atomic E-state index is 14.3. The number of hydrogen-bond donors (Lipinski definition) is 2. The van der Waals surface area contributed by atoms with E-state index < -0.39 is 17.5 Å². The fourth-order valence-corrected chi connectivity index (χ4v) is 2.81. The molecule has 0 saturated heterocycles. The van der Waals surface area contributed by atoms with Gasteiger partial charge in [-0.3, -0.25) is 4.79 Å². The van der Waals surface area contributed by atoms with Gasteiger partial charge >= 0.3 is 0 Å². The second kappa shape index (κ2) is 6.36. The number of nitrogens with two attached hydrogens (primary N) is 1. The highest BCUT2D eigenvalue weighted by Crippen LogP contribution is 2.35. The van der Waals surface area contributed by atoms with Crippen molar-refractivity contribution in [2.24, 2.45) is 5.73 Å². The van der Waals surface area contributed by atoms with Crippen LogP contribution in [0.3, 0.4) is 0 Å². The zero-order chi connectivity index (χ0) is 18.1. The zero-order valence-corrected chi connectivity index (χ0v) is 13.4. The molecule has 3 rings (SSSR count). The summed E-state index contributed by atoms with van der Waals surface area (Å²) in [4.78, 5) is 11.9. The van der Waals surface area contributed by atoms with Crippen molar-refractivity contribution in [3.05, 3.63) is 77.4 Å². The van der Waals surface area contributed by atoms with Gasteiger partial charge in [0, 0.05) is 16.7 Å². The Hall–Kier alpha value is -3.21. The van der Waals surface area contributed by atoms with Gasteiger partial charge in [-0.15, -0.1) is 0 Å². The van der Waals surface area contributed by atoms with Gasteiger partial charge in [-0.05, 0) is 53.9 Å². The van der Waals surface area contributed by atoms with Crippen LogP contribution in [-0.4, -0.2) is 11.0 Å². The molecule has 0 aliphatic heterocycles. The average Bonchev–Trinajstić information content (AvgIpc) is 2.58. The molecular weight excluding hydrogens is 324 g/mol. The largest absolute Gasteiger partial charge is 0.508 e. The van der Waals surface area contributed by atoms with Crippen molar-refractivity contribution in [1.82, 2.24) is 0 Å². The van der Waals surface area contributed by atoms with Crippen LogP contribution in [0.4, 0.5) is 8.78 Å². The van der Waals surface area contributed by atoms with Gasteiger partial charge in [-0.2, -0.15) is 0 Å². The maximum Gasteiger partial charge on any atom is 0.249 e. The number of hydrogen-bond acceptors (Lipinski definition) is 2. The Morgan fingerprint density at radius 2 is 1.72 bits per heavy atom. The van der Waals surface area contributed by atoms with E-state index in [1.54, 1.807) is 31.2 Å². The Labute approximate surface area is 143 Å². The lowest BCUT2D eigenvalue weighted by molar-refractivity contribution is 0.100. The van der Waals surface area contributed by atoms with Crippen molar-refractivity contribution in [3.8, 4) is 28.0 Å². The number of phenolic OH excluding ortho intramolecular Hbond substituents is 1. The molecule has 3 aromatic carbocycles. The monoisotopic (exact) mass is 339 g/mol. The first kappa shape index (κ1) is 16.6. The Morgan fingerprint density at radius 3 is 2.40 bits per heavy atom. The van der Waals surface area contributed by atoms with Gasteiger partial charge in [0.25, 0.3) is 0 Å². The van der Waals surface area contributed by atoms with E-state index in [0.717, 1.165) is 6.07 Å². The van der Waals surface area contributed by atoms with E-state index in [1.165, 1.54) is 24.3 Å². The SMILES string of the molecule is Cc1c(O)ccc(F)c1-c1ccc(-c2cccc(F)c2)cc1C(N)=O. The van der Waals surface area contributed by atoms with Crippen molar-refractivity contribution in [2.75, 3.05) is 0 Å². The van der Waals surface area contributed by atoms with Crippen molar-refractivity contribution in [1.29, 1.82) is 0 Å². The number of halogens is 2. The topological polar surface area (TPSA) is 63.3 Å². The van der Waals surface area contributed by atoms with Crippen molar-refractivity contribution < 1.29 is 18.7 Å². The van der Waals surface area contributed by atoms with Crippen LogP contribution in [-0.2, 0) is 0 Å². The van der Waals surface area contributed by atoms with Gasteiger partial charge in [-0.1, -0.05) is 24.3 Å². The summed E-state index contributed by atoms with van der Waals surface area (Å²) in [7, 11) is 0. The molecule has 0 atom stereocenters. The number of amides is 1. The highest BCUT2D eigenvalue weighted by atomic mass is 19.1. The van der Waals surface area contributed by atoms with E-state index in [2.05, 4.69) is 0 Å². The van der Waals surface area contributed by atoms with Crippen LogP contribution in [0.2, 0.25) is 0 Å². The molecule has 0 aliphatic rings. The molecule has 0 aromatic heterocycles. The Kier molecular flexibility index (Phi) is 4.23. The van der Waals surface area contributed by atoms with Gasteiger partial charge in [0.15, 0.2) is 0 Å². The fourth-order valence-electron chi connectivity index (χ4n) is 2.81. The normalized spacial score (nSPS) is 10.7. The molecule has 0 spiro atoms. The van der Waals surface area contributed by atoms with E-state index in [0.29, 0.717) is 16.7 Å². The summed E-state index contributed by atoms with van der Waals surface area (Å²) in [5.74, 6) is -1.80. The molecule has 0 fully saturated rings. The predicted octanol–water partition coefficient (Wildman–Crippen LogP) is 4.41. The molecule has 5 heteroatoms. The van der Waals surface area contributed by atoms with Gasteiger partial charge in [0.1, 0.15) is 17.4 Å². The number of primary amides is 1. The van der Waals surface area contributed by atoms with Gasteiger partial charge in [0.2, 0.25) is 5.91 Å².